The molecule has 0 aliphatic carbocycles. The Bertz CT molecular complexity index is 599. The maximum absolute atomic E-state index is 12.5. The predicted molar refractivity (Wildman–Crippen MR) is 90.0 cm³/mol. The largest absolute Gasteiger partial charge is 0.399 e. The Labute approximate surface area is 131 Å². The van der Waals surface area contributed by atoms with Crippen LogP contribution in [0.15, 0.2) is 24.8 Å². The molecular formula is C17H24N4O. The molecule has 0 aromatic heterocycles. The van der Waals surface area contributed by atoms with Crippen molar-refractivity contribution >= 4 is 22.9 Å². The number of nitrogens with two attached hydrogens (primary N) is 2. The lowest BCUT2D eigenvalue weighted by Gasteiger charge is -2.36. The van der Waals surface area contributed by atoms with Crippen molar-refractivity contribution in [1.29, 1.82) is 0 Å². The molecule has 1 aromatic rings. The first-order valence-electron chi connectivity index (χ1n) is 7.82. The molecule has 2 fully saturated rings. The quantitative estimate of drug-likeness (QED) is 0.585. The second kappa shape index (κ2) is 5.65. The van der Waals surface area contributed by atoms with Gasteiger partial charge in [0.25, 0.3) is 5.91 Å². The molecule has 2 aliphatic heterocycles. The van der Waals surface area contributed by atoms with E-state index in [1.165, 1.54) is 12.8 Å². The Kier molecular flexibility index (Phi) is 3.83. The Morgan fingerprint density at radius 1 is 1.27 bits per heavy atom. The van der Waals surface area contributed by atoms with Gasteiger partial charge >= 0.3 is 0 Å². The van der Waals surface area contributed by atoms with Crippen LogP contribution in [0.1, 0.15) is 31.2 Å². The molecule has 3 rings (SSSR count). The van der Waals surface area contributed by atoms with E-state index in [1.807, 2.05) is 0 Å². The summed E-state index contributed by atoms with van der Waals surface area (Å²) in [6, 6.07) is 6.54. The van der Waals surface area contributed by atoms with Crippen molar-refractivity contribution in [2.45, 2.75) is 43.8 Å². The van der Waals surface area contributed by atoms with E-state index in [-0.39, 0.29) is 11.9 Å². The van der Waals surface area contributed by atoms with E-state index in [0.29, 0.717) is 34.6 Å². The van der Waals surface area contributed by atoms with Gasteiger partial charge in [-0.15, -0.1) is 0 Å². The topological polar surface area (TPSA) is 84.4 Å². The third-order valence-corrected chi connectivity index (χ3v) is 5.11. The van der Waals surface area contributed by atoms with E-state index in [1.54, 1.807) is 18.2 Å². The number of nitrogens with one attached hydrogen (secondary N) is 1. The highest BCUT2D eigenvalue weighted by atomic mass is 16.1. The normalized spacial score (nSPS) is 27.6. The number of carbonyl (C=O) groups is 1. The number of hydrogen-bond donors (Lipinski definition) is 3. The molecule has 2 aliphatic rings. The maximum atomic E-state index is 12.5. The van der Waals surface area contributed by atoms with Crippen LogP contribution in [-0.4, -0.2) is 36.0 Å². The first kappa shape index (κ1) is 14.9. The number of carbonyl (C=O) groups excluding carboxylic acids is 1. The molecule has 1 amide bonds. The second-order valence-corrected chi connectivity index (χ2v) is 6.52. The number of fused-ring (bicyclic) bond motifs is 2. The lowest BCUT2D eigenvalue weighted by atomic mass is 9.97. The second-order valence-electron chi connectivity index (χ2n) is 6.52. The van der Waals surface area contributed by atoms with Crippen LogP contribution in [-0.2, 0) is 4.79 Å². The molecular weight excluding hydrogens is 276 g/mol. The highest BCUT2D eigenvalue weighted by Crippen LogP contribution is 2.34. The summed E-state index contributed by atoms with van der Waals surface area (Å²) < 4.78 is 0. The van der Waals surface area contributed by atoms with Gasteiger partial charge in [0, 0.05) is 40.6 Å². The number of anilines is 2. The zero-order chi connectivity index (χ0) is 15.9. The molecule has 5 N–H and O–H groups in total. The standard InChI is InChI=1S/C17H24N4O/c1-10(15-7-11(18)3-6-16(15)19)17(22)20-12-8-13-4-5-14(9-12)21(13)2/h3,6-7,12-14H,1,4-5,8-9,18-19H2,2H3,(H,20,22). The number of hydrogen-bond acceptors (Lipinski definition) is 4. The van der Waals surface area contributed by atoms with Crippen LogP contribution in [0.2, 0.25) is 0 Å². The lowest BCUT2D eigenvalue weighted by Crippen LogP contribution is -2.48. The van der Waals surface area contributed by atoms with Crippen molar-refractivity contribution in [3.63, 3.8) is 0 Å². The van der Waals surface area contributed by atoms with Gasteiger partial charge in [-0.2, -0.15) is 0 Å². The summed E-state index contributed by atoms with van der Waals surface area (Å²) in [5.41, 5.74) is 13.8. The summed E-state index contributed by atoms with van der Waals surface area (Å²) in [5, 5.41) is 3.12. The molecule has 5 nitrogen and oxygen atoms in total. The molecule has 0 spiro atoms. The molecule has 0 radical (unpaired) electrons. The summed E-state index contributed by atoms with van der Waals surface area (Å²) in [6.45, 7) is 3.90. The Hall–Kier alpha value is -2.01. The van der Waals surface area contributed by atoms with E-state index in [2.05, 4.69) is 23.8 Å². The van der Waals surface area contributed by atoms with Gasteiger partial charge < -0.3 is 21.7 Å². The van der Waals surface area contributed by atoms with Gasteiger partial charge in [0.1, 0.15) is 0 Å². The minimum atomic E-state index is -0.147. The van der Waals surface area contributed by atoms with Gasteiger partial charge in [0.2, 0.25) is 0 Å². The van der Waals surface area contributed by atoms with Gasteiger partial charge in [0.15, 0.2) is 0 Å². The number of nitrogens with zero attached hydrogens (tertiary/aromatic N) is 1. The minimum absolute atomic E-state index is 0.147. The lowest BCUT2D eigenvalue weighted by molar-refractivity contribution is -0.116. The monoisotopic (exact) mass is 300 g/mol. The van der Waals surface area contributed by atoms with Gasteiger partial charge in [-0.25, -0.2) is 0 Å². The number of rotatable bonds is 3. The van der Waals surface area contributed by atoms with Crippen LogP contribution in [0.4, 0.5) is 11.4 Å². The van der Waals surface area contributed by atoms with Crippen LogP contribution in [0.3, 0.4) is 0 Å². The fourth-order valence-electron chi connectivity index (χ4n) is 3.76. The summed E-state index contributed by atoms with van der Waals surface area (Å²) in [5.74, 6) is -0.147. The highest BCUT2D eigenvalue weighted by molar-refractivity contribution is 6.20. The van der Waals surface area contributed by atoms with Gasteiger partial charge in [0.05, 0.1) is 0 Å². The maximum Gasteiger partial charge on any atom is 0.251 e. The predicted octanol–water partition coefficient (Wildman–Crippen LogP) is 1.61. The summed E-state index contributed by atoms with van der Waals surface area (Å²) in [4.78, 5) is 14.9. The van der Waals surface area contributed by atoms with Crippen LogP contribution in [0.25, 0.3) is 5.57 Å². The number of piperidine rings is 1. The van der Waals surface area contributed by atoms with E-state index in [0.717, 1.165) is 12.8 Å². The van der Waals surface area contributed by atoms with Crippen molar-refractivity contribution < 1.29 is 4.79 Å². The summed E-state index contributed by atoms with van der Waals surface area (Å²) in [6.07, 6.45) is 4.49. The molecule has 2 saturated heterocycles. The first-order valence-corrected chi connectivity index (χ1v) is 7.82. The van der Waals surface area contributed by atoms with Crippen LogP contribution >= 0.6 is 0 Å². The molecule has 2 atom stereocenters. The molecule has 118 valence electrons. The average Bonchev–Trinajstić information content (AvgIpc) is 2.71. The Morgan fingerprint density at radius 3 is 2.55 bits per heavy atom. The van der Waals surface area contributed by atoms with E-state index in [4.69, 9.17) is 11.5 Å². The Morgan fingerprint density at radius 2 is 1.91 bits per heavy atom. The van der Waals surface area contributed by atoms with Crippen molar-refractivity contribution in [2.75, 3.05) is 18.5 Å². The zero-order valence-corrected chi connectivity index (χ0v) is 13.0. The SMILES string of the molecule is C=C(C(=O)NC1CC2CCC(C1)N2C)c1cc(N)ccc1N. The van der Waals surface area contributed by atoms with Crippen molar-refractivity contribution in [3.05, 3.63) is 30.3 Å². The fourth-order valence-corrected chi connectivity index (χ4v) is 3.76. The average molecular weight is 300 g/mol. The number of amides is 1. The molecule has 2 heterocycles. The van der Waals surface area contributed by atoms with Crippen LogP contribution < -0.4 is 16.8 Å². The van der Waals surface area contributed by atoms with Crippen molar-refractivity contribution in [2.24, 2.45) is 0 Å². The molecule has 5 heteroatoms. The van der Waals surface area contributed by atoms with Crippen LogP contribution in [0, 0.1) is 0 Å². The van der Waals surface area contributed by atoms with Gasteiger partial charge in [-0.3, -0.25) is 4.79 Å². The van der Waals surface area contributed by atoms with Gasteiger partial charge in [-0.1, -0.05) is 6.58 Å². The van der Waals surface area contributed by atoms with E-state index >= 15 is 0 Å². The van der Waals surface area contributed by atoms with Crippen LogP contribution in [0.5, 0.6) is 0 Å². The number of nitrogen functional groups attached to an aromatic ring is 2. The highest BCUT2D eigenvalue weighted by Gasteiger charge is 2.38. The first-order chi connectivity index (χ1) is 10.5. The molecule has 2 unspecified atom stereocenters. The summed E-state index contributed by atoms with van der Waals surface area (Å²) in [7, 11) is 2.19. The number of benzene rings is 1. The van der Waals surface area contributed by atoms with Gasteiger partial charge in [-0.05, 0) is 50.9 Å². The molecule has 1 aromatic carbocycles. The van der Waals surface area contributed by atoms with E-state index < -0.39 is 0 Å². The third kappa shape index (κ3) is 2.68. The van der Waals surface area contributed by atoms with E-state index in [9.17, 15) is 4.79 Å². The fraction of sp³-hybridized carbons (Fsp3) is 0.471. The zero-order valence-electron chi connectivity index (χ0n) is 13.0. The Balaban J connectivity index is 1.67. The smallest absolute Gasteiger partial charge is 0.251 e. The van der Waals surface area contributed by atoms with Crippen molar-refractivity contribution in [1.82, 2.24) is 10.2 Å². The molecule has 22 heavy (non-hydrogen) atoms. The molecule has 2 bridgehead atoms. The third-order valence-electron chi connectivity index (χ3n) is 5.11. The molecule has 0 saturated carbocycles. The summed E-state index contributed by atoms with van der Waals surface area (Å²) >= 11 is 0. The van der Waals surface area contributed by atoms with Crippen molar-refractivity contribution in [3.8, 4) is 0 Å². The minimum Gasteiger partial charge on any atom is -0.399 e.